The molecule has 0 spiro atoms. The van der Waals surface area contributed by atoms with Crippen LogP contribution >= 0.6 is 0 Å². The molecule has 0 fully saturated rings. The molecular formula is C13H20N2O2. The van der Waals surface area contributed by atoms with Crippen LogP contribution in [0.4, 0.5) is 5.69 Å². The first-order chi connectivity index (χ1) is 8.20. The molecule has 4 nitrogen and oxygen atoms in total. The summed E-state index contributed by atoms with van der Waals surface area (Å²) < 4.78 is 5.07. The summed E-state index contributed by atoms with van der Waals surface area (Å²) in [6.07, 6.45) is 0.338. The minimum atomic E-state index is -0.437. The highest BCUT2D eigenvalue weighted by molar-refractivity contribution is 5.96. The van der Waals surface area contributed by atoms with E-state index in [9.17, 15) is 4.79 Å². The third-order valence-corrected chi connectivity index (χ3v) is 2.62. The molecule has 17 heavy (non-hydrogen) atoms. The highest BCUT2D eigenvalue weighted by Crippen LogP contribution is 2.15. The van der Waals surface area contributed by atoms with Crippen molar-refractivity contribution in [2.24, 2.45) is 5.73 Å². The standard InChI is InChI=1S/C13H20N2O2/c1-11(17-2)13(16)15(10-6-9-14)12-7-4-3-5-8-12/h3-5,7-8,11H,6,9-10,14H2,1-2H3. The van der Waals surface area contributed by atoms with Gasteiger partial charge in [0.2, 0.25) is 0 Å². The lowest BCUT2D eigenvalue weighted by molar-refractivity contribution is -0.127. The summed E-state index contributed by atoms with van der Waals surface area (Å²) in [5, 5.41) is 0. The molecule has 0 aromatic heterocycles. The van der Waals surface area contributed by atoms with Crippen molar-refractivity contribution in [2.75, 3.05) is 25.1 Å². The minimum Gasteiger partial charge on any atom is -0.372 e. The SMILES string of the molecule is COC(C)C(=O)N(CCCN)c1ccccc1. The Labute approximate surface area is 102 Å². The van der Waals surface area contributed by atoms with E-state index in [1.54, 1.807) is 11.8 Å². The molecule has 0 saturated carbocycles. The Morgan fingerprint density at radius 2 is 2.06 bits per heavy atom. The van der Waals surface area contributed by atoms with E-state index in [0.717, 1.165) is 12.1 Å². The zero-order valence-electron chi connectivity index (χ0n) is 10.4. The van der Waals surface area contributed by atoms with Crippen LogP contribution in [0.5, 0.6) is 0 Å². The predicted molar refractivity (Wildman–Crippen MR) is 68.9 cm³/mol. The van der Waals surface area contributed by atoms with Crippen LogP contribution in [0.25, 0.3) is 0 Å². The number of hydrogen-bond acceptors (Lipinski definition) is 3. The lowest BCUT2D eigenvalue weighted by Gasteiger charge is -2.25. The summed E-state index contributed by atoms with van der Waals surface area (Å²) in [6.45, 7) is 2.94. The second kappa shape index (κ2) is 7.04. The summed E-state index contributed by atoms with van der Waals surface area (Å²) in [5.74, 6) is -0.0350. The normalized spacial score (nSPS) is 12.2. The number of hydrogen-bond donors (Lipinski definition) is 1. The topological polar surface area (TPSA) is 55.6 Å². The first-order valence-corrected chi connectivity index (χ1v) is 5.80. The zero-order valence-corrected chi connectivity index (χ0v) is 10.4. The van der Waals surface area contributed by atoms with E-state index in [4.69, 9.17) is 10.5 Å². The molecular weight excluding hydrogens is 216 g/mol. The molecule has 0 aliphatic heterocycles. The van der Waals surface area contributed by atoms with Crippen LogP contribution in [0, 0.1) is 0 Å². The number of anilines is 1. The fraction of sp³-hybridized carbons (Fsp3) is 0.462. The Bertz CT molecular complexity index is 341. The van der Waals surface area contributed by atoms with Crippen LogP contribution in [-0.4, -0.2) is 32.2 Å². The van der Waals surface area contributed by atoms with Gasteiger partial charge in [-0.25, -0.2) is 0 Å². The van der Waals surface area contributed by atoms with Crippen molar-refractivity contribution in [1.29, 1.82) is 0 Å². The zero-order chi connectivity index (χ0) is 12.7. The number of benzene rings is 1. The van der Waals surface area contributed by atoms with Crippen LogP contribution in [0.15, 0.2) is 30.3 Å². The van der Waals surface area contributed by atoms with Crippen LogP contribution in [0.3, 0.4) is 0 Å². The molecule has 1 atom stereocenters. The smallest absolute Gasteiger partial charge is 0.255 e. The Hall–Kier alpha value is -1.39. The lowest BCUT2D eigenvalue weighted by Crippen LogP contribution is -2.40. The van der Waals surface area contributed by atoms with E-state index in [0.29, 0.717) is 13.1 Å². The molecule has 1 aromatic rings. The minimum absolute atomic E-state index is 0.0350. The summed E-state index contributed by atoms with van der Waals surface area (Å²) in [5.41, 5.74) is 6.38. The molecule has 0 heterocycles. The first kappa shape index (κ1) is 13.7. The van der Waals surface area contributed by atoms with Crippen molar-refractivity contribution >= 4 is 11.6 Å². The van der Waals surface area contributed by atoms with E-state index in [-0.39, 0.29) is 5.91 Å². The highest BCUT2D eigenvalue weighted by Gasteiger charge is 2.20. The van der Waals surface area contributed by atoms with Gasteiger partial charge in [0.15, 0.2) is 0 Å². The second-order valence-corrected chi connectivity index (χ2v) is 3.85. The first-order valence-electron chi connectivity index (χ1n) is 5.80. The van der Waals surface area contributed by atoms with Crippen LogP contribution in [0.2, 0.25) is 0 Å². The van der Waals surface area contributed by atoms with Gasteiger partial charge < -0.3 is 15.4 Å². The number of carbonyl (C=O) groups is 1. The maximum atomic E-state index is 12.1. The summed E-state index contributed by atoms with van der Waals surface area (Å²) >= 11 is 0. The molecule has 1 rings (SSSR count). The van der Waals surface area contributed by atoms with Crippen molar-refractivity contribution in [1.82, 2.24) is 0 Å². The Morgan fingerprint density at radius 3 is 2.59 bits per heavy atom. The fourth-order valence-electron chi connectivity index (χ4n) is 1.54. The van der Waals surface area contributed by atoms with Crippen molar-refractivity contribution in [3.05, 3.63) is 30.3 Å². The van der Waals surface area contributed by atoms with E-state index in [1.807, 2.05) is 30.3 Å². The molecule has 4 heteroatoms. The van der Waals surface area contributed by atoms with Gasteiger partial charge in [-0.2, -0.15) is 0 Å². The number of carbonyl (C=O) groups excluding carboxylic acids is 1. The second-order valence-electron chi connectivity index (χ2n) is 3.85. The van der Waals surface area contributed by atoms with Gasteiger partial charge in [0.1, 0.15) is 6.10 Å². The molecule has 1 aromatic carbocycles. The summed E-state index contributed by atoms with van der Waals surface area (Å²) in [4.78, 5) is 13.9. The summed E-state index contributed by atoms with van der Waals surface area (Å²) in [7, 11) is 1.54. The van der Waals surface area contributed by atoms with Gasteiger partial charge in [-0.15, -0.1) is 0 Å². The molecule has 0 radical (unpaired) electrons. The third-order valence-electron chi connectivity index (χ3n) is 2.62. The van der Waals surface area contributed by atoms with Gasteiger partial charge in [0.05, 0.1) is 0 Å². The Kier molecular flexibility index (Phi) is 5.66. The number of para-hydroxylation sites is 1. The maximum absolute atomic E-state index is 12.1. The molecule has 0 aliphatic carbocycles. The average molecular weight is 236 g/mol. The fourth-order valence-corrected chi connectivity index (χ4v) is 1.54. The maximum Gasteiger partial charge on any atom is 0.255 e. The third kappa shape index (κ3) is 3.84. The monoisotopic (exact) mass is 236 g/mol. The number of ether oxygens (including phenoxy) is 1. The van der Waals surface area contributed by atoms with Crippen molar-refractivity contribution in [3.63, 3.8) is 0 Å². The quantitative estimate of drug-likeness (QED) is 0.812. The molecule has 0 saturated heterocycles. The lowest BCUT2D eigenvalue weighted by atomic mass is 10.2. The number of rotatable bonds is 6. The van der Waals surface area contributed by atoms with Crippen LogP contribution in [0.1, 0.15) is 13.3 Å². The average Bonchev–Trinajstić information content (AvgIpc) is 2.39. The van der Waals surface area contributed by atoms with Crippen molar-refractivity contribution in [3.8, 4) is 0 Å². The number of nitrogens with zero attached hydrogens (tertiary/aromatic N) is 1. The predicted octanol–water partition coefficient (Wildman–Crippen LogP) is 1.40. The van der Waals surface area contributed by atoms with Crippen LogP contribution < -0.4 is 10.6 Å². The van der Waals surface area contributed by atoms with Crippen LogP contribution in [-0.2, 0) is 9.53 Å². The van der Waals surface area contributed by atoms with E-state index >= 15 is 0 Å². The number of nitrogens with two attached hydrogens (primary N) is 1. The van der Waals surface area contributed by atoms with Crippen molar-refractivity contribution in [2.45, 2.75) is 19.4 Å². The van der Waals surface area contributed by atoms with Gasteiger partial charge in [0.25, 0.3) is 5.91 Å². The number of amides is 1. The Morgan fingerprint density at radius 1 is 1.41 bits per heavy atom. The van der Waals surface area contributed by atoms with Gasteiger partial charge in [-0.3, -0.25) is 4.79 Å². The van der Waals surface area contributed by atoms with Crippen molar-refractivity contribution < 1.29 is 9.53 Å². The van der Waals surface area contributed by atoms with E-state index in [2.05, 4.69) is 0 Å². The molecule has 1 unspecified atom stereocenters. The Balaban J connectivity index is 2.84. The van der Waals surface area contributed by atoms with Gasteiger partial charge >= 0.3 is 0 Å². The number of methoxy groups -OCH3 is 1. The van der Waals surface area contributed by atoms with Gasteiger partial charge in [-0.05, 0) is 32.0 Å². The molecule has 94 valence electrons. The summed E-state index contributed by atoms with van der Waals surface area (Å²) in [6, 6.07) is 9.58. The van der Waals surface area contributed by atoms with E-state index in [1.165, 1.54) is 7.11 Å². The van der Waals surface area contributed by atoms with Gasteiger partial charge in [0, 0.05) is 19.3 Å². The molecule has 2 N–H and O–H groups in total. The molecule has 0 aliphatic rings. The largest absolute Gasteiger partial charge is 0.372 e. The van der Waals surface area contributed by atoms with E-state index < -0.39 is 6.10 Å². The molecule has 1 amide bonds. The van der Waals surface area contributed by atoms with Gasteiger partial charge in [-0.1, -0.05) is 18.2 Å². The highest BCUT2D eigenvalue weighted by atomic mass is 16.5. The molecule has 0 bridgehead atoms.